The molecule has 0 radical (unpaired) electrons. The lowest BCUT2D eigenvalue weighted by Crippen LogP contribution is -2.22. The zero-order valence-corrected chi connectivity index (χ0v) is 10.7. The normalized spacial score (nSPS) is 11.9. The summed E-state index contributed by atoms with van der Waals surface area (Å²) in [4.78, 5) is 19.2. The van der Waals surface area contributed by atoms with E-state index in [1.54, 1.807) is 25.9 Å². The fraction of sp³-hybridized carbons (Fsp3) is 0.545. The van der Waals surface area contributed by atoms with E-state index in [0.29, 0.717) is 0 Å². The molecule has 1 aromatic heterocycles. The first-order chi connectivity index (χ1) is 8.66. The van der Waals surface area contributed by atoms with Crippen LogP contribution in [0.4, 0.5) is 13.2 Å². The molecule has 0 aliphatic carbocycles. The Morgan fingerprint density at radius 3 is 2.26 bits per heavy atom. The molecule has 0 saturated heterocycles. The molecular formula is C11H14F3N3O2. The third kappa shape index (κ3) is 3.63. The number of hydrogen-bond donors (Lipinski definition) is 1. The Balaban J connectivity index is 3.49. The van der Waals surface area contributed by atoms with Crippen molar-refractivity contribution in [2.75, 3.05) is 14.1 Å². The number of aromatic nitrogens is 2. The monoisotopic (exact) mass is 277 g/mol. The summed E-state index contributed by atoms with van der Waals surface area (Å²) >= 11 is 0. The van der Waals surface area contributed by atoms with Crippen LogP contribution in [-0.2, 0) is 19.1 Å². The van der Waals surface area contributed by atoms with Gasteiger partial charge in [-0.1, -0.05) is 6.92 Å². The van der Waals surface area contributed by atoms with Crippen LogP contribution in [0.1, 0.15) is 34.5 Å². The van der Waals surface area contributed by atoms with Gasteiger partial charge in [-0.15, -0.1) is 0 Å². The molecule has 0 aliphatic heterocycles. The highest BCUT2D eigenvalue weighted by Crippen LogP contribution is 2.28. The molecular weight excluding hydrogens is 263 g/mol. The van der Waals surface area contributed by atoms with Crippen molar-refractivity contribution in [2.45, 2.75) is 26.1 Å². The number of aromatic carboxylic acids is 1. The number of halogens is 3. The van der Waals surface area contributed by atoms with Crippen molar-refractivity contribution in [2.24, 2.45) is 0 Å². The zero-order valence-electron chi connectivity index (χ0n) is 10.7. The fourth-order valence-corrected chi connectivity index (χ4v) is 1.64. The lowest BCUT2D eigenvalue weighted by molar-refractivity contribution is -0.145. The van der Waals surface area contributed by atoms with E-state index in [1.165, 1.54) is 0 Å². The SMILES string of the molecule is CCc1c(CN(C)C)nc(C(F)(F)F)nc1C(=O)O. The van der Waals surface area contributed by atoms with Crippen LogP contribution in [0.5, 0.6) is 0 Å². The average molecular weight is 277 g/mol. The molecule has 0 bridgehead atoms. The molecule has 0 aliphatic rings. The lowest BCUT2D eigenvalue weighted by Gasteiger charge is -2.16. The Hall–Kier alpha value is -1.70. The molecule has 0 aromatic carbocycles. The standard InChI is InChI=1S/C11H14F3N3O2/c1-4-6-7(5-17(2)3)15-10(11(12,13)14)16-8(6)9(18)19/h4-5H2,1-3H3,(H,18,19). The minimum absolute atomic E-state index is 0.0900. The molecule has 0 saturated carbocycles. The van der Waals surface area contributed by atoms with Gasteiger partial charge in [0.2, 0.25) is 5.82 Å². The molecule has 1 rings (SSSR count). The molecule has 0 unspecified atom stereocenters. The van der Waals surface area contributed by atoms with Crippen LogP contribution in [0, 0.1) is 0 Å². The quantitative estimate of drug-likeness (QED) is 0.909. The number of carboxylic acids is 1. The summed E-state index contributed by atoms with van der Waals surface area (Å²) in [6.45, 7) is 1.77. The lowest BCUT2D eigenvalue weighted by atomic mass is 10.1. The van der Waals surface area contributed by atoms with Crippen LogP contribution in [0.2, 0.25) is 0 Å². The van der Waals surface area contributed by atoms with Crippen LogP contribution in [-0.4, -0.2) is 40.0 Å². The molecule has 1 N–H and O–H groups in total. The highest BCUT2D eigenvalue weighted by molar-refractivity contribution is 5.87. The van der Waals surface area contributed by atoms with Crippen LogP contribution < -0.4 is 0 Å². The minimum atomic E-state index is -4.77. The third-order valence-corrected chi connectivity index (χ3v) is 2.37. The van der Waals surface area contributed by atoms with Crippen molar-refractivity contribution in [3.8, 4) is 0 Å². The molecule has 1 heterocycles. The molecule has 0 amide bonds. The second-order valence-electron chi connectivity index (χ2n) is 4.22. The van der Waals surface area contributed by atoms with E-state index < -0.39 is 23.7 Å². The summed E-state index contributed by atoms with van der Waals surface area (Å²) in [6.07, 6.45) is -4.51. The molecule has 1 aromatic rings. The third-order valence-electron chi connectivity index (χ3n) is 2.37. The van der Waals surface area contributed by atoms with Gasteiger partial charge >= 0.3 is 12.1 Å². The maximum atomic E-state index is 12.7. The molecule has 0 atom stereocenters. The Morgan fingerprint density at radius 2 is 1.89 bits per heavy atom. The van der Waals surface area contributed by atoms with Gasteiger partial charge in [-0.05, 0) is 20.5 Å². The molecule has 106 valence electrons. The second kappa shape index (κ2) is 5.52. The highest BCUT2D eigenvalue weighted by Gasteiger charge is 2.37. The second-order valence-corrected chi connectivity index (χ2v) is 4.22. The molecule has 0 fully saturated rings. The maximum Gasteiger partial charge on any atom is 0.451 e. The van der Waals surface area contributed by atoms with E-state index in [2.05, 4.69) is 9.97 Å². The number of carbonyl (C=O) groups is 1. The van der Waals surface area contributed by atoms with E-state index in [4.69, 9.17) is 5.11 Å². The Bertz CT molecular complexity index is 487. The molecule has 0 spiro atoms. The van der Waals surface area contributed by atoms with Gasteiger partial charge < -0.3 is 10.0 Å². The van der Waals surface area contributed by atoms with Gasteiger partial charge in [-0.2, -0.15) is 13.2 Å². The van der Waals surface area contributed by atoms with E-state index >= 15 is 0 Å². The van der Waals surface area contributed by atoms with Gasteiger partial charge in [-0.3, -0.25) is 0 Å². The smallest absolute Gasteiger partial charge is 0.451 e. The summed E-state index contributed by atoms with van der Waals surface area (Å²) in [5.41, 5.74) is -0.261. The maximum absolute atomic E-state index is 12.7. The number of nitrogens with zero attached hydrogens (tertiary/aromatic N) is 3. The first kappa shape index (κ1) is 15.4. The van der Waals surface area contributed by atoms with Crippen LogP contribution >= 0.6 is 0 Å². The average Bonchev–Trinajstić information content (AvgIpc) is 2.25. The molecule has 19 heavy (non-hydrogen) atoms. The number of rotatable bonds is 4. The van der Waals surface area contributed by atoms with Gasteiger partial charge in [0.25, 0.3) is 0 Å². The van der Waals surface area contributed by atoms with Crippen LogP contribution in [0.15, 0.2) is 0 Å². The molecule has 5 nitrogen and oxygen atoms in total. The van der Waals surface area contributed by atoms with Gasteiger partial charge in [0.05, 0.1) is 5.69 Å². The summed E-state index contributed by atoms with van der Waals surface area (Å²) in [5.74, 6) is -2.90. The van der Waals surface area contributed by atoms with Crippen molar-refractivity contribution >= 4 is 5.97 Å². The number of carboxylic acid groups (broad SMARTS) is 1. The minimum Gasteiger partial charge on any atom is -0.477 e. The molecule has 8 heteroatoms. The summed E-state index contributed by atoms with van der Waals surface area (Å²) < 4.78 is 38.0. The van der Waals surface area contributed by atoms with Crippen LogP contribution in [0.3, 0.4) is 0 Å². The summed E-state index contributed by atoms with van der Waals surface area (Å²) in [7, 11) is 3.32. The predicted octanol–water partition coefficient (Wildman–Crippen LogP) is 1.82. The largest absolute Gasteiger partial charge is 0.477 e. The van der Waals surface area contributed by atoms with Crippen molar-refractivity contribution in [3.63, 3.8) is 0 Å². The van der Waals surface area contributed by atoms with Crippen LogP contribution in [0.25, 0.3) is 0 Å². The number of hydrogen-bond acceptors (Lipinski definition) is 4. The van der Waals surface area contributed by atoms with Gasteiger partial charge in [0.15, 0.2) is 5.69 Å². The zero-order chi connectivity index (χ0) is 14.8. The van der Waals surface area contributed by atoms with Gasteiger partial charge in [-0.25, -0.2) is 14.8 Å². The van der Waals surface area contributed by atoms with E-state index in [0.717, 1.165) is 0 Å². The van der Waals surface area contributed by atoms with Crippen molar-refractivity contribution < 1.29 is 23.1 Å². The fourth-order valence-electron chi connectivity index (χ4n) is 1.64. The Morgan fingerprint density at radius 1 is 1.32 bits per heavy atom. The first-order valence-electron chi connectivity index (χ1n) is 5.51. The first-order valence-corrected chi connectivity index (χ1v) is 5.51. The van der Waals surface area contributed by atoms with E-state index in [9.17, 15) is 18.0 Å². The van der Waals surface area contributed by atoms with E-state index in [1.807, 2.05) is 0 Å². The topological polar surface area (TPSA) is 66.3 Å². The predicted molar refractivity (Wildman–Crippen MR) is 60.8 cm³/mol. The van der Waals surface area contributed by atoms with Crippen molar-refractivity contribution in [1.29, 1.82) is 0 Å². The van der Waals surface area contributed by atoms with Crippen molar-refractivity contribution in [1.82, 2.24) is 14.9 Å². The summed E-state index contributed by atoms with van der Waals surface area (Å²) in [6, 6.07) is 0. The number of alkyl halides is 3. The Labute approximate surface area is 108 Å². The highest BCUT2D eigenvalue weighted by atomic mass is 19.4. The van der Waals surface area contributed by atoms with Gasteiger partial charge in [0.1, 0.15) is 0 Å². The van der Waals surface area contributed by atoms with Crippen molar-refractivity contribution in [3.05, 3.63) is 22.8 Å². The Kier molecular flexibility index (Phi) is 4.46. The summed E-state index contributed by atoms with van der Waals surface area (Å²) in [5, 5.41) is 8.97. The van der Waals surface area contributed by atoms with Gasteiger partial charge in [0, 0.05) is 12.1 Å². The van der Waals surface area contributed by atoms with E-state index in [-0.39, 0.29) is 24.2 Å².